The van der Waals surface area contributed by atoms with E-state index < -0.39 is 5.25 Å². The third-order valence-electron chi connectivity index (χ3n) is 5.20. The number of carbonyl (C=O) groups is 1. The summed E-state index contributed by atoms with van der Waals surface area (Å²) < 4.78 is 20.1. The van der Waals surface area contributed by atoms with Gasteiger partial charge in [0.05, 0.1) is 24.3 Å². The van der Waals surface area contributed by atoms with Crippen LogP contribution in [0.1, 0.15) is 18.9 Å². The SMILES string of the molecule is CCC(Sc1nc2ncccc2c(=O)n1Cc1ccc(F)cc1)C(=O)Nc1cccc(OC)c1. The van der Waals surface area contributed by atoms with Crippen LogP contribution in [0.3, 0.4) is 0 Å². The number of amides is 1. The fourth-order valence-corrected chi connectivity index (χ4v) is 4.41. The Bertz CT molecular complexity index is 1370. The van der Waals surface area contributed by atoms with Crippen LogP contribution in [-0.4, -0.2) is 32.8 Å². The first-order chi connectivity index (χ1) is 16.5. The highest BCUT2D eigenvalue weighted by Gasteiger charge is 2.23. The maximum Gasteiger partial charge on any atom is 0.263 e. The Balaban J connectivity index is 1.67. The maximum absolute atomic E-state index is 13.4. The van der Waals surface area contributed by atoms with E-state index in [1.165, 1.54) is 28.5 Å². The van der Waals surface area contributed by atoms with Crippen molar-refractivity contribution in [3.63, 3.8) is 0 Å². The van der Waals surface area contributed by atoms with E-state index in [2.05, 4.69) is 15.3 Å². The van der Waals surface area contributed by atoms with Gasteiger partial charge in [0.25, 0.3) is 5.56 Å². The molecule has 174 valence electrons. The molecule has 4 rings (SSSR count). The molecular weight excluding hydrogens is 455 g/mol. The van der Waals surface area contributed by atoms with E-state index >= 15 is 0 Å². The highest BCUT2D eigenvalue weighted by atomic mass is 32.2. The molecule has 0 saturated carbocycles. The van der Waals surface area contributed by atoms with Gasteiger partial charge in [0, 0.05) is 18.0 Å². The highest BCUT2D eigenvalue weighted by molar-refractivity contribution is 8.00. The van der Waals surface area contributed by atoms with Crippen LogP contribution in [0.5, 0.6) is 5.75 Å². The van der Waals surface area contributed by atoms with Gasteiger partial charge in [-0.05, 0) is 48.4 Å². The van der Waals surface area contributed by atoms with Gasteiger partial charge < -0.3 is 10.1 Å². The second-order valence-corrected chi connectivity index (χ2v) is 8.69. The van der Waals surface area contributed by atoms with Crippen molar-refractivity contribution in [2.24, 2.45) is 0 Å². The summed E-state index contributed by atoms with van der Waals surface area (Å²) in [4.78, 5) is 35.2. The highest BCUT2D eigenvalue weighted by Crippen LogP contribution is 2.27. The first-order valence-corrected chi connectivity index (χ1v) is 11.6. The molecule has 1 amide bonds. The lowest BCUT2D eigenvalue weighted by molar-refractivity contribution is -0.115. The minimum Gasteiger partial charge on any atom is -0.497 e. The number of rotatable bonds is 8. The molecule has 0 saturated heterocycles. The van der Waals surface area contributed by atoms with Crippen molar-refractivity contribution in [2.75, 3.05) is 12.4 Å². The molecule has 4 aromatic rings. The molecule has 9 heteroatoms. The Labute approximate surface area is 200 Å². The van der Waals surface area contributed by atoms with E-state index in [1.807, 2.05) is 6.92 Å². The quantitative estimate of drug-likeness (QED) is 0.297. The molecule has 0 radical (unpaired) electrons. The van der Waals surface area contributed by atoms with Crippen molar-refractivity contribution >= 4 is 34.4 Å². The molecule has 0 bridgehead atoms. The average Bonchev–Trinajstić information content (AvgIpc) is 2.86. The molecule has 2 aromatic heterocycles. The zero-order chi connectivity index (χ0) is 24.1. The van der Waals surface area contributed by atoms with Crippen LogP contribution in [0, 0.1) is 5.82 Å². The summed E-state index contributed by atoms with van der Waals surface area (Å²) in [5, 5.41) is 3.13. The number of thioether (sulfide) groups is 1. The summed E-state index contributed by atoms with van der Waals surface area (Å²) in [6.45, 7) is 2.08. The van der Waals surface area contributed by atoms with E-state index in [-0.39, 0.29) is 23.8 Å². The number of ether oxygens (including phenoxy) is 1. The number of nitrogens with one attached hydrogen (secondary N) is 1. The Morgan fingerprint density at radius 2 is 1.97 bits per heavy atom. The summed E-state index contributed by atoms with van der Waals surface area (Å²) in [7, 11) is 1.56. The van der Waals surface area contributed by atoms with Crippen LogP contribution in [0.4, 0.5) is 10.1 Å². The van der Waals surface area contributed by atoms with Gasteiger partial charge in [0.1, 0.15) is 11.6 Å². The Morgan fingerprint density at radius 1 is 1.18 bits per heavy atom. The molecule has 2 aromatic carbocycles. The van der Waals surface area contributed by atoms with E-state index in [0.29, 0.717) is 34.0 Å². The summed E-state index contributed by atoms with van der Waals surface area (Å²) in [5.74, 6) is 0.0603. The van der Waals surface area contributed by atoms with Crippen molar-refractivity contribution in [3.05, 3.63) is 88.6 Å². The van der Waals surface area contributed by atoms with Crippen LogP contribution >= 0.6 is 11.8 Å². The maximum atomic E-state index is 13.4. The lowest BCUT2D eigenvalue weighted by atomic mass is 10.2. The number of fused-ring (bicyclic) bond motifs is 1. The fourth-order valence-electron chi connectivity index (χ4n) is 3.41. The normalized spacial score (nSPS) is 11.9. The number of pyridine rings is 1. The van der Waals surface area contributed by atoms with Gasteiger partial charge in [-0.2, -0.15) is 0 Å². The summed E-state index contributed by atoms with van der Waals surface area (Å²) in [6, 6.07) is 16.4. The van der Waals surface area contributed by atoms with Crippen molar-refractivity contribution in [1.29, 1.82) is 0 Å². The number of benzene rings is 2. The van der Waals surface area contributed by atoms with Gasteiger partial charge in [-0.15, -0.1) is 0 Å². The van der Waals surface area contributed by atoms with Gasteiger partial charge in [0.2, 0.25) is 5.91 Å². The largest absolute Gasteiger partial charge is 0.497 e. The number of hydrogen-bond acceptors (Lipinski definition) is 6. The first kappa shape index (κ1) is 23.4. The number of aromatic nitrogens is 3. The summed E-state index contributed by atoms with van der Waals surface area (Å²) >= 11 is 1.20. The Hall–Kier alpha value is -3.72. The van der Waals surface area contributed by atoms with Gasteiger partial charge in [-0.1, -0.05) is 36.9 Å². The molecule has 2 heterocycles. The van der Waals surface area contributed by atoms with E-state index in [0.717, 1.165) is 5.56 Å². The summed E-state index contributed by atoms with van der Waals surface area (Å²) in [5.41, 5.74) is 1.39. The molecule has 0 spiro atoms. The molecule has 7 nitrogen and oxygen atoms in total. The minimum atomic E-state index is -0.515. The van der Waals surface area contributed by atoms with Crippen molar-refractivity contribution in [2.45, 2.75) is 30.3 Å². The predicted molar refractivity (Wildman–Crippen MR) is 131 cm³/mol. The topological polar surface area (TPSA) is 86.1 Å². The number of carbonyl (C=O) groups excluding carboxylic acids is 1. The number of nitrogens with zero attached hydrogens (tertiary/aromatic N) is 3. The molecule has 0 aliphatic heterocycles. The molecule has 0 aliphatic rings. The van der Waals surface area contributed by atoms with Crippen LogP contribution in [0.25, 0.3) is 11.0 Å². The molecule has 0 fully saturated rings. The molecule has 1 atom stereocenters. The third-order valence-corrected chi connectivity index (χ3v) is 6.55. The van der Waals surface area contributed by atoms with E-state index in [4.69, 9.17) is 4.74 Å². The van der Waals surface area contributed by atoms with E-state index in [1.54, 1.807) is 61.8 Å². The number of anilines is 1. The zero-order valence-electron chi connectivity index (χ0n) is 18.7. The second-order valence-electron chi connectivity index (χ2n) is 7.52. The molecular formula is C25H23FN4O3S. The Kier molecular flexibility index (Phi) is 7.22. The summed E-state index contributed by atoms with van der Waals surface area (Å²) in [6.07, 6.45) is 2.08. The predicted octanol–water partition coefficient (Wildman–Crippen LogP) is 4.50. The van der Waals surface area contributed by atoms with Crippen molar-refractivity contribution in [3.8, 4) is 5.75 Å². The molecule has 34 heavy (non-hydrogen) atoms. The minimum absolute atomic E-state index is 0.188. The van der Waals surface area contributed by atoms with E-state index in [9.17, 15) is 14.0 Å². The molecule has 0 aliphatic carbocycles. The zero-order valence-corrected chi connectivity index (χ0v) is 19.5. The standard InChI is InChI=1S/C25H23FN4O3S/c1-3-21(23(31)28-18-6-4-7-19(14-18)33-2)34-25-29-22-20(8-5-13-27-22)24(32)30(25)15-16-9-11-17(26)12-10-16/h4-14,21H,3,15H2,1-2H3,(H,28,31). The van der Waals surface area contributed by atoms with Crippen LogP contribution < -0.4 is 15.6 Å². The monoisotopic (exact) mass is 478 g/mol. The van der Waals surface area contributed by atoms with Gasteiger partial charge in [-0.3, -0.25) is 14.2 Å². The number of methoxy groups -OCH3 is 1. The van der Waals surface area contributed by atoms with Crippen LogP contribution in [0.2, 0.25) is 0 Å². The third kappa shape index (κ3) is 5.26. The lowest BCUT2D eigenvalue weighted by Crippen LogP contribution is -2.28. The average molecular weight is 479 g/mol. The van der Waals surface area contributed by atoms with Gasteiger partial charge >= 0.3 is 0 Å². The van der Waals surface area contributed by atoms with Crippen molar-refractivity contribution in [1.82, 2.24) is 14.5 Å². The van der Waals surface area contributed by atoms with Gasteiger partial charge in [0.15, 0.2) is 10.8 Å². The van der Waals surface area contributed by atoms with Crippen LogP contribution in [0.15, 0.2) is 76.8 Å². The first-order valence-electron chi connectivity index (χ1n) is 10.7. The van der Waals surface area contributed by atoms with Crippen LogP contribution in [-0.2, 0) is 11.3 Å². The molecule has 1 N–H and O–H groups in total. The number of halogens is 1. The second kappa shape index (κ2) is 10.5. The lowest BCUT2D eigenvalue weighted by Gasteiger charge is -2.18. The molecule has 1 unspecified atom stereocenters. The fraction of sp³-hybridized carbons (Fsp3) is 0.200. The smallest absolute Gasteiger partial charge is 0.263 e. The van der Waals surface area contributed by atoms with Crippen molar-refractivity contribution < 1.29 is 13.9 Å². The van der Waals surface area contributed by atoms with Gasteiger partial charge in [-0.25, -0.2) is 14.4 Å². The number of hydrogen-bond donors (Lipinski definition) is 1. The Morgan fingerprint density at radius 3 is 2.71 bits per heavy atom.